The number of hydrogen-bond donors (Lipinski definition) is 1. The molecule has 4 aromatic rings. The minimum Gasteiger partial charge on any atom is -0.322 e. The minimum atomic E-state index is -0.226. The number of benzene rings is 2. The highest BCUT2D eigenvalue weighted by Gasteiger charge is 2.08. The lowest BCUT2D eigenvalue weighted by Gasteiger charge is -2.08. The average Bonchev–Trinajstić information content (AvgIpc) is 3.07. The van der Waals surface area contributed by atoms with Crippen molar-refractivity contribution in [2.45, 2.75) is 13.8 Å². The first-order chi connectivity index (χ1) is 12.6. The van der Waals surface area contributed by atoms with E-state index in [-0.39, 0.29) is 5.91 Å². The van der Waals surface area contributed by atoms with Gasteiger partial charge in [0.1, 0.15) is 0 Å². The molecule has 0 bridgehead atoms. The van der Waals surface area contributed by atoms with Crippen LogP contribution in [0.3, 0.4) is 0 Å². The van der Waals surface area contributed by atoms with Gasteiger partial charge in [-0.2, -0.15) is 9.61 Å². The van der Waals surface area contributed by atoms with Crippen molar-refractivity contribution >= 4 is 34.1 Å². The van der Waals surface area contributed by atoms with Gasteiger partial charge in [0.15, 0.2) is 11.5 Å². The van der Waals surface area contributed by atoms with Crippen molar-refractivity contribution < 1.29 is 4.79 Å². The molecule has 4 rings (SSSR count). The predicted molar refractivity (Wildman–Crippen MR) is 102 cm³/mol. The summed E-state index contributed by atoms with van der Waals surface area (Å²) in [5.41, 5.74) is 3.65. The Morgan fingerprint density at radius 3 is 2.81 bits per heavy atom. The van der Waals surface area contributed by atoms with Gasteiger partial charge in [0, 0.05) is 22.5 Å². The van der Waals surface area contributed by atoms with Crippen LogP contribution < -0.4 is 5.32 Å². The molecule has 0 fully saturated rings. The third-order valence-electron chi connectivity index (χ3n) is 4.43. The molecule has 0 saturated carbocycles. The Hall–Kier alpha value is -3.54. The van der Waals surface area contributed by atoms with Gasteiger partial charge < -0.3 is 5.32 Å². The fourth-order valence-electron chi connectivity index (χ4n) is 2.82. The first kappa shape index (κ1) is 16.0. The first-order valence-corrected chi connectivity index (χ1v) is 8.28. The lowest BCUT2D eigenvalue weighted by atomic mass is 10.1. The van der Waals surface area contributed by atoms with E-state index >= 15 is 0 Å². The van der Waals surface area contributed by atoms with E-state index in [1.807, 2.05) is 56.3 Å². The number of carbonyl (C=O) groups excluding carboxylic acids is 1. The molecule has 6 nitrogen and oxygen atoms in total. The fourth-order valence-corrected chi connectivity index (χ4v) is 2.82. The van der Waals surface area contributed by atoms with Gasteiger partial charge in [0.25, 0.3) is 0 Å². The van der Waals surface area contributed by atoms with Gasteiger partial charge in [-0.3, -0.25) is 4.79 Å². The number of anilines is 1. The molecule has 2 aromatic carbocycles. The molecule has 1 N–H and O–H groups in total. The highest BCUT2D eigenvalue weighted by Crippen LogP contribution is 2.19. The van der Waals surface area contributed by atoms with Crippen molar-refractivity contribution in [3.63, 3.8) is 0 Å². The van der Waals surface area contributed by atoms with Crippen molar-refractivity contribution in [2.75, 3.05) is 5.32 Å². The molecule has 0 unspecified atom stereocenters. The van der Waals surface area contributed by atoms with E-state index < -0.39 is 0 Å². The summed E-state index contributed by atoms with van der Waals surface area (Å²) in [4.78, 5) is 12.2. The van der Waals surface area contributed by atoms with Crippen molar-refractivity contribution in [1.29, 1.82) is 0 Å². The Kier molecular flexibility index (Phi) is 3.93. The Balaban J connectivity index is 1.61. The van der Waals surface area contributed by atoms with Gasteiger partial charge in [0.05, 0.1) is 6.20 Å². The number of aryl methyl sites for hydroxylation is 1. The van der Waals surface area contributed by atoms with E-state index in [0.29, 0.717) is 11.5 Å². The molecule has 0 spiro atoms. The van der Waals surface area contributed by atoms with Crippen molar-refractivity contribution in [3.8, 4) is 0 Å². The molecule has 2 heterocycles. The zero-order chi connectivity index (χ0) is 18.1. The third kappa shape index (κ3) is 2.82. The van der Waals surface area contributed by atoms with Crippen molar-refractivity contribution in [2.24, 2.45) is 0 Å². The molecule has 0 saturated heterocycles. The quantitative estimate of drug-likeness (QED) is 0.578. The van der Waals surface area contributed by atoms with Crippen LogP contribution in [0, 0.1) is 13.8 Å². The molecule has 0 aliphatic rings. The summed E-state index contributed by atoms with van der Waals surface area (Å²) in [6.07, 6.45) is 4.82. The van der Waals surface area contributed by atoms with Crippen LogP contribution in [0.15, 0.2) is 54.7 Å². The lowest BCUT2D eigenvalue weighted by molar-refractivity contribution is -0.111. The summed E-state index contributed by atoms with van der Waals surface area (Å²) in [7, 11) is 0. The molecule has 2 aromatic heterocycles. The van der Waals surface area contributed by atoms with Crippen LogP contribution >= 0.6 is 0 Å². The maximum atomic E-state index is 12.2. The van der Waals surface area contributed by atoms with Gasteiger partial charge in [-0.25, -0.2) is 0 Å². The summed E-state index contributed by atoms with van der Waals surface area (Å²) in [6, 6.07) is 13.7. The third-order valence-corrected chi connectivity index (χ3v) is 4.43. The zero-order valence-electron chi connectivity index (χ0n) is 14.5. The Labute approximate surface area is 150 Å². The van der Waals surface area contributed by atoms with E-state index in [1.165, 1.54) is 6.08 Å². The molecule has 0 radical (unpaired) electrons. The Morgan fingerprint density at radius 1 is 1.08 bits per heavy atom. The standard InChI is InChI=1S/C20H17N5O/c1-13-6-5-9-17(14(13)2)22-19(26)11-10-18-23-24-20-16-8-4-3-7-15(16)12-21-25(18)20/h3-12H,1-2H3,(H,22,26). The van der Waals surface area contributed by atoms with Crippen LogP contribution in [-0.4, -0.2) is 25.7 Å². The number of nitrogens with one attached hydrogen (secondary N) is 1. The predicted octanol–water partition coefficient (Wildman–Crippen LogP) is 3.55. The maximum absolute atomic E-state index is 12.2. The van der Waals surface area contributed by atoms with Crippen LogP contribution in [0.2, 0.25) is 0 Å². The molecule has 26 heavy (non-hydrogen) atoms. The van der Waals surface area contributed by atoms with Gasteiger partial charge in [0.2, 0.25) is 5.91 Å². The summed E-state index contributed by atoms with van der Waals surface area (Å²) >= 11 is 0. The number of fused-ring (bicyclic) bond motifs is 3. The second-order valence-electron chi connectivity index (χ2n) is 6.10. The van der Waals surface area contributed by atoms with Crippen LogP contribution in [0.25, 0.3) is 22.5 Å². The van der Waals surface area contributed by atoms with Gasteiger partial charge >= 0.3 is 0 Å². The van der Waals surface area contributed by atoms with E-state index in [2.05, 4.69) is 20.6 Å². The minimum absolute atomic E-state index is 0.226. The van der Waals surface area contributed by atoms with Crippen LogP contribution in [0.1, 0.15) is 17.0 Å². The first-order valence-electron chi connectivity index (χ1n) is 8.28. The highest BCUT2D eigenvalue weighted by atomic mass is 16.1. The number of rotatable bonds is 3. The van der Waals surface area contributed by atoms with Gasteiger partial charge in [-0.15, -0.1) is 10.2 Å². The molecule has 0 aliphatic carbocycles. The van der Waals surface area contributed by atoms with E-state index in [1.54, 1.807) is 16.8 Å². The number of amides is 1. The Morgan fingerprint density at radius 2 is 1.92 bits per heavy atom. The summed E-state index contributed by atoms with van der Waals surface area (Å²) in [5.74, 6) is 0.276. The van der Waals surface area contributed by atoms with Crippen molar-refractivity contribution in [3.05, 3.63) is 71.7 Å². The topological polar surface area (TPSA) is 72.2 Å². The average molecular weight is 343 g/mol. The largest absolute Gasteiger partial charge is 0.322 e. The number of hydrogen-bond acceptors (Lipinski definition) is 4. The number of nitrogens with zero attached hydrogens (tertiary/aromatic N) is 4. The molecule has 6 heteroatoms. The molecule has 128 valence electrons. The molecule has 1 amide bonds. The van der Waals surface area contributed by atoms with Gasteiger partial charge in [-0.05, 0) is 37.1 Å². The highest BCUT2D eigenvalue weighted by molar-refractivity contribution is 6.02. The van der Waals surface area contributed by atoms with Crippen LogP contribution in [-0.2, 0) is 4.79 Å². The number of carbonyl (C=O) groups is 1. The molecule has 0 atom stereocenters. The molecular weight excluding hydrogens is 326 g/mol. The van der Waals surface area contributed by atoms with Crippen LogP contribution in [0.5, 0.6) is 0 Å². The van der Waals surface area contributed by atoms with E-state index in [4.69, 9.17) is 0 Å². The summed E-state index contributed by atoms with van der Waals surface area (Å²) in [6.45, 7) is 3.99. The van der Waals surface area contributed by atoms with Gasteiger partial charge in [-0.1, -0.05) is 36.4 Å². The molecular formula is C20H17N5O. The lowest BCUT2D eigenvalue weighted by Crippen LogP contribution is -2.09. The fraction of sp³-hybridized carbons (Fsp3) is 0.100. The second kappa shape index (κ2) is 6.40. The maximum Gasteiger partial charge on any atom is 0.248 e. The molecule has 0 aliphatic heterocycles. The smallest absolute Gasteiger partial charge is 0.248 e. The summed E-state index contributed by atoms with van der Waals surface area (Å²) < 4.78 is 1.63. The monoisotopic (exact) mass is 343 g/mol. The zero-order valence-corrected chi connectivity index (χ0v) is 14.5. The second-order valence-corrected chi connectivity index (χ2v) is 6.10. The van der Waals surface area contributed by atoms with E-state index in [0.717, 1.165) is 27.6 Å². The van der Waals surface area contributed by atoms with Crippen LogP contribution in [0.4, 0.5) is 5.69 Å². The van der Waals surface area contributed by atoms with E-state index in [9.17, 15) is 4.79 Å². The Bertz CT molecular complexity index is 1160. The number of aromatic nitrogens is 4. The summed E-state index contributed by atoms with van der Waals surface area (Å²) in [5, 5.41) is 17.6. The normalized spacial score (nSPS) is 11.5. The van der Waals surface area contributed by atoms with Crippen molar-refractivity contribution in [1.82, 2.24) is 19.8 Å². The SMILES string of the molecule is Cc1cccc(NC(=O)C=Cc2nnc3c4ccccc4cnn23)c1C.